The molecule has 206 valence electrons. The molecule has 7 nitrogen and oxygen atoms in total. The number of anilines is 2. The van der Waals surface area contributed by atoms with Crippen LogP contribution in [-0.4, -0.2) is 47.0 Å². The minimum atomic E-state index is -0.520. The van der Waals surface area contributed by atoms with Crippen molar-refractivity contribution < 1.29 is 0 Å². The third-order valence-corrected chi connectivity index (χ3v) is 10.3. The second-order valence-corrected chi connectivity index (χ2v) is 14.0. The molecule has 0 saturated heterocycles. The molecule has 0 bridgehead atoms. The van der Waals surface area contributed by atoms with Gasteiger partial charge in [0.2, 0.25) is 5.95 Å². The summed E-state index contributed by atoms with van der Waals surface area (Å²) in [4.78, 5) is 9.50. The van der Waals surface area contributed by atoms with Crippen molar-refractivity contribution in [2.45, 2.75) is 51.5 Å². The molecule has 0 radical (unpaired) electrons. The number of aromatic nitrogens is 4. The number of halogens is 1. The first kappa shape index (κ1) is 29.5. The topological polar surface area (TPSA) is 87.7 Å². The average Bonchev–Trinajstić information content (AvgIpc) is 2.97. The molecular weight excluding hydrogens is 545 g/mol. The lowest BCUT2D eigenvalue weighted by atomic mass is 9.96. The van der Waals surface area contributed by atoms with E-state index in [-0.39, 0.29) is 0 Å². The average molecular weight is 582 g/mol. The zero-order valence-corrected chi connectivity index (χ0v) is 25.5. The van der Waals surface area contributed by atoms with Gasteiger partial charge in [-0.15, -0.1) is 10.2 Å². The Bertz CT molecular complexity index is 1350. The molecule has 0 spiro atoms. The normalized spacial score (nSPS) is 14.4. The maximum absolute atomic E-state index is 6.34. The van der Waals surface area contributed by atoms with Crippen molar-refractivity contribution in [3.05, 3.63) is 65.3 Å². The molecule has 3 N–H and O–H groups in total. The summed E-state index contributed by atoms with van der Waals surface area (Å²) in [5.74, 6) is 1.46. The first-order valence-electron chi connectivity index (χ1n) is 13.4. The van der Waals surface area contributed by atoms with Crippen LogP contribution in [0.5, 0.6) is 0 Å². The first-order valence-corrected chi connectivity index (χ1v) is 17.0. The molecule has 0 amide bonds. The van der Waals surface area contributed by atoms with Crippen LogP contribution < -0.4 is 20.7 Å². The monoisotopic (exact) mass is 581 g/mol. The van der Waals surface area contributed by atoms with Crippen molar-refractivity contribution in [2.24, 2.45) is 0 Å². The quantitative estimate of drug-likeness (QED) is 0.148. The largest absolute Gasteiger partial charge is 0.351 e. The standard InChI is InChI=1S/C27H30ClN6PS.C2H7N/c1-3-18-15-19(16-20-17-29-27(31-26(18)20)30-21-9-5-4-6-10-21)23-13-14-25(33-32-23)34-36-35(2)24-12-8-7-11-22(24)28;1-3-2/h7-8,11-17,21H,3-6,9-10H2,1-2H3,(H,33,34)(H,29,30,31);3H,1-2H3. The van der Waals surface area contributed by atoms with E-state index in [1.807, 2.05) is 50.6 Å². The summed E-state index contributed by atoms with van der Waals surface area (Å²) in [6.45, 7) is 4.34. The Morgan fingerprint density at radius 3 is 2.49 bits per heavy atom. The lowest BCUT2D eigenvalue weighted by molar-refractivity contribution is 0.461. The minimum absolute atomic E-state index is 0.482. The molecule has 1 saturated carbocycles. The fraction of sp³-hybridized carbons (Fsp3) is 0.379. The van der Waals surface area contributed by atoms with Gasteiger partial charge in [0.05, 0.1) is 11.2 Å². The van der Waals surface area contributed by atoms with Gasteiger partial charge in [-0.25, -0.2) is 9.97 Å². The number of rotatable bonds is 8. The van der Waals surface area contributed by atoms with Crippen LogP contribution >= 0.6 is 30.3 Å². The molecule has 1 aliphatic rings. The van der Waals surface area contributed by atoms with E-state index < -0.39 is 7.12 Å². The molecule has 4 aromatic rings. The summed E-state index contributed by atoms with van der Waals surface area (Å²) in [7, 11) is 3.23. The second-order valence-electron chi connectivity index (χ2n) is 9.55. The first-order chi connectivity index (χ1) is 19.0. The van der Waals surface area contributed by atoms with Gasteiger partial charge < -0.3 is 15.4 Å². The van der Waals surface area contributed by atoms with Crippen molar-refractivity contribution in [1.29, 1.82) is 0 Å². The Balaban J connectivity index is 0.00000112. The van der Waals surface area contributed by atoms with E-state index >= 15 is 0 Å². The highest BCUT2D eigenvalue weighted by Gasteiger charge is 2.16. The highest BCUT2D eigenvalue weighted by molar-refractivity contribution is 8.58. The summed E-state index contributed by atoms with van der Waals surface area (Å²) < 4.78 is 3.33. The summed E-state index contributed by atoms with van der Waals surface area (Å²) in [5, 5.41) is 18.2. The highest BCUT2D eigenvalue weighted by atomic mass is 35.5. The van der Waals surface area contributed by atoms with Crippen molar-refractivity contribution in [3.8, 4) is 11.3 Å². The number of benzene rings is 2. The van der Waals surface area contributed by atoms with Crippen LogP contribution in [0.1, 0.15) is 44.6 Å². The molecule has 1 atom stereocenters. The fourth-order valence-corrected chi connectivity index (χ4v) is 7.79. The highest BCUT2D eigenvalue weighted by Crippen LogP contribution is 2.46. The second kappa shape index (κ2) is 14.8. The van der Waals surface area contributed by atoms with Crippen LogP contribution in [0, 0.1) is 0 Å². The molecule has 0 aliphatic heterocycles. The fourth-order valence-electron chi connectivity index (χ4n) is 4.55. The maximum atomic E-state index is 6.34. The van der Waals surface area contributed by atoms with E-state index in [9.17, 15) is 0 Å². The van der Waals surface area contributed by atoms with Gasteiger partial charge in [0.1, 0.15) is 0 Å². The molecular formula is C29H37ClN7PS. The molecule has 39 heavy (non-hydrogen) atoms. The van der Waals surface area contributed by atoms with Crippen LogP contribution in [0.4, 0.5) is 11.8 Å². The predicted octanol–water partition coefficient (Wildman–Crippen LogP) is 7.30. The van der Waals surface area contributed by atoms with Crippen LogP contribution in [0.2, 0.25) is 5.02 Å². The number of hydrogen-bond donors (Lipinski definition) is 3. The van der Waals surface area contributed by atoms with Gasteiger partial charge in [-0.1, -0.05) is 56.0 Å². The maximum Gasteiger partial charge on any atom is 0.223 e. The molecule has 2 aromatic heterocycles. The van der Waals surface area contributed by atoms with Crippen LogP contribution in [0.25, 0.3) is 22.2 Å². The smallest absolute Gasteiger partial charge is 0.223 e. The van der Waals surface area contributed by atoms with E-state index in [2.05, 4.69) is 62.3 Å². The van der Waals surface area contributed by atoms with E-state index in [1.165, 1.54) is 37.7 Å². The van der Waals surface area contributed by atoms with Gasteiger partial charge in [0.15, 0.2) is 5.82 Å². The zero-order valence-electron chi connectivity index (χ0n) is 23.0. The molecule has 1 fully saturated rings. The Morgan fingerprint density at radius 1 is 1.03 bits per heavy atom. The third kappa shape index (κ3) is 8.01. The van der Waals surface area contributed by atoms with Gasteiger partial charge in [-0.2, -0.15) is 0 Å². The molecule has 5 rings (SSSR count). The SMILES string of the molecule is CCc1cc(-c2ccc(NSP(C)c3ccccc3Cl)nn2)cc2cnc(NC3CCCCC3)nc12.CNC. The van der Waals surface area contributed by atoms with Gasteiger partial charge in [0.25, 0.3) is 0 Å². The molecule has 2 aromatic carbocycles. The predicted molar refractivity (Wildman–Crippen MR) is 171 cm³/mol. The van der Waals surface area contributed by atoms with Crippen molar-refractivity contribution >= 4 is 58.3 Å². The lowest BCUT2D eigenvalue weighted by Crippen LogP contribution is -2.23. The number of nitrogens with zero attached hydrogens (tertiary/aromatic N) is 4. The molecule has 2 heterocycles. The Kier molecular flexibility index (Phi) is 11.2. The number of hydrogen-bond acceptors (Lipinski definition) is 8. The number of fused-ring (bicyclic) bond motifs is 1. The minimum Gasteiger partial charge on any atom is -0.351 e. The third-order valence-electron chi connectivity index (χ3n) is 6.52. The van der Waals surface area contributed by atoms with Crippen LogP contribution in [0.3, 0.4) is 0 Å². The van der Waals surface area contributed by atoms with E-state index in [1.54, 1.807) is 11.6 Å². The molecule has 1 unspecified atom stereocenters. The zero-order chi connectivity index (χ0) is 27.6. The van der Waals surface area contributed by atoms with Crippen LogP contribution in [-0.2, 0) is 6.42 Å². The number of nitrogens with one attached hydrogen (secondary N) is 3. The summed E-state index contributed by atoms with van der Waals surface area (Å²) in [6.07, 6.45) is 9.10. The summed E-state index contributed by atoms with van der Waals surface area (Å²) in [6, 6.07) is 16.7. The van der Waals surface area contributed by atoms with E-state index in [4.69, 9.17) is 16.6 Å². The van der Waals surface area contributed by atoms with Gasteiger partial charge >= 0.3 is 0 Å². The Morgan fingerprint density at radius 2 is 1.79 bits per heavy atom. The Hall–Kier alpha value is -2.51. The van der Waals surface area contributed by atoms with Crippen LogP contribution in [0.15, 0.2) is 54.7 Å². The van der Waals surface area contributed by atoms with Gasteiger partial charge in [-0.05, 0) is 87.5 Å². The van der Waals surface area contributed by atoms with Gasteiger partial charge in [0, 0.05) is 40.6 Å². The van der Waals surface area contributed by atoms with Crippen molar-refractivity contribution in [2.75, 3.05) is 30.8 Å². The summed E-state index contributed by atoms with van der Waals surface area (Å²) in [5.41, 5.74) is 4.05. The summed E-state index contributed by atoms with van der Waals surface area (Å²) >= 11 is 7.97. The van der Waals surface area contributed by atoms with Gasteiger partial charge in [-0.3, -0.25) is 0 Å². The molecule has 10 heteroatoms. The Labute approximate surface area is 242 Å². The van der Waals surface area contributed by atoms with E-state index in [0.717, 1.165) is 50.7 Å². The lowest BCUT2D eigenvalue weighted by Gasteiger charge is -2.22. The van der Waals surface area contributed by atoms with Crippen molar-refractivity contribution in [1.82, 2.24) is 25.5 Å². The molecule has 1 aliphatic carbocycles. The number of aryl methyl sites for hydroxylation is 1. The van der Waals surface area contributed by atoms with E-state index in [0.29, 0.717) is 6.04 Å². The van der Waals surface area contributed by atoms with Crippen molar-refractivity contribution in [3.63, 3.8) is 0 Å².